The first kappa shape index (κ1) is 12.4. The number of fused-ring (bicyclic) bond motifs is 1. The van der Waals surface area contributed by atoms with Gasteiger partial charge in [-0.15, -0.1) is 0 Å². The molecule has 6 heteroatoms. The van der Waals surface area contributed by atoms with Gasteiger partial charge in [0, 0.05) is 24.2 Å². The van der Waals surface area contributed by atoms with Gasteiger partial charge in [0.25, 0.3) is 0 Å². The zero-order valence-corrected chi connectivity index (χ0v) is 11.4. The third-order valence-corrected chi connectivity index (χ3v) is 6.01. The van der Waals surface area contributed by atoms with Gasteiger partial charge in [-0.1, -0.05) is 11.6 Å². The van der Waals surface area contributed by atoms with E-state index in [2.05, 4.69) is 5.32 Å². The Labute approximate surface area is 112 Å². The molecule has 2 saturated heterocycles. The summed E-state index contributed by atoms with van der Waals surface area (Å²) in [6, 6.07) is 6.51. The van der Waals surface area contributed by atoms with E-state index in [9.17, 15) is 8.42 Å². The van der Waals surface area contributed by atoms with Gasteiger partial charge in [-0.2, -0.15) is 4.31 Å². The SMILES string of the molecule is O=S(=O)(c1ccc(Cl)cc1)N1CC[C@H]2CNC[C@H]21. The maximum atomic E-state index is 12.5. The highest BCUT2D eigenvalue weighted by molar-refractivity contribution is 7.89. The van der Waals surface area contributed by atoms with Crippen molar-refractivity contribution in [1.82, 2.24) is 9.62 Å². The predicted octanol–water partition coefficient (Wildman–Crippen LogP) is 1.32. The number of halogens is 1. The first-order valence-corrected chi connectivity index (χ1v) is 7.89. The average molecular weight is 287 g/mol. The summed E-state index contributed by atoms with van der Waals surface area (Å²) in [5, 5.41) is 3.81. The minimum absolute atomic E-state index is 0.116. The predicted molar refractivity (Wildman–Crippen MR) is 70.1 cm³/mol. The maximum absolute atomic E-state index is 12.5. The third kappa shape index (κ3) is 1.95. The third-order valence-electron chi connectivity index (χ3n) is 3.81. The molecule has 0 saturated carbocycles. The highest BCUT2D eigenvalue weighted by Crippen LogP contribution is 2.32. The second kappa shape index (κ2) is 4.49. The smallest absolute Gasteiger partial charge is 0.243 e. The Morgan fingerprint density at radius 2 is 1.94 bits per heavy atom. The molecule has 98 valence electrons. The van der Waals surface area contributed by atoms with Gasteiger partial charge < -0.3 is 5.32 Å². The molecule has 2 atom stereocenters. The quantitative estimate of drug-likeness (QED) is 0.892. The summed E-state index contributed by atoms with van der Waals surface area (Å²) in [5.74, 6) is 0.465. The Balaban J connectivity index is 1.93. The molecule has 4 nitrogen and oxygen atoms in total. The van der Waals surface area contributed by atoms with Crippen LogP contribution in [0.2, 0.25) is 5.02 Å². The zero-order chi connectivity index (χ0) is 12.8. The van der Waals surface area contributed by atoms with Crippen LogP contribution in [0.1, 0.15) is 6.42 Å². The van der Waals surface area contributed by atoms with Gasteiger partial charge in [-0.3, -0.25) is 0 Å². The van der Waals surface area contributed by atoms with E-state index in [0.717, 1.165) is 19.5 Å². The molecule has 0 aliphatic carbocycles. The highest BCUT2D eigenvalue weighted by atomic mass is 35.5. The van der Waals surface area contributed by atoms with Crippen molar-refractivity contribution < 1.29 is 8.42 Å². The summed E-state index contributed by atoms with van der Waals surface area (Å²) >= 11 is 5.79. The Kier molecular flexibility index (Phi) is 3.10. The second-order valence-corrected chi connectivity index (χ2v) is 7.17. The normalized spacial score (nSPS) is 28.5. The molecular formula is C12H15ClN2O2S. The molecule has 2 aliphatic rings. The van der Waals surface area contributed by atoms with E-state index < -0.39 is 10.0 Å². The molecule has 1 aromatic carbocycles. The number of hydrogen-bond acceptors (Lipinski definition) is 3. The van der Waals surface area contributed by atoms with Crippen LogP contribution in [0.3, 0.4) is 0 Å². The molecule has 1 aromatic rings. The lowest BCUT2D eigenvalue weighted by atomic mass is 10.1. The van der Waals surface area contributed by atoms with Gasteiger partial charge in [0.15, 0.2) is 0 Å². The molecule has 2 aliphatic heterocycles. The van der Waals surface area contributed by atoms with Crippen molar-refractivity contribution in [2.45, 2.75) is 17.4 Å². The van der Waals surface area contributed by atoms with E-state index >= 15 is 0 Å². The Hall–Kier alpha value is -0.620. The van der Waals surface area contributed by atoms with Gasteiger partial charge in [0.1, 0.15) is 0 Å². The van der Waals surface area contributed by atoms with Crippen LogP contribution in [0.15, 0.2) is 29.2 Å². The first-order valence-electron chi connectivity index (χ1n) is 6.07. The number of rotatable bonds is 2. The summed E-state index contributed by atoms with van der Waals surface area (Å²) in [7, 11) is -3.37. The minimum atomic E-state index is -3.37. The molecule has 0 aromatic heterocycles. The molecule has 0 amide bonds. The van der Waals surface area contributed by atoms with Crippen molar-refractivity contribution in [3.63, 3.8) is 0 Å². The number of hydrogen-bond donors (Lipinski definition) is 1. The number of nitrogens with zero attached hydrogens (tertiary/aromatic N) is 1. The van der Waals surface area contributed by atoms with Crippen molar-refractivity contribution in [3.8, 4) is 0 Å². The average Bonchev–Trinajstić information content (AvgIpc) is 2.90. The fourth-order valence-corrected chi connectivity index (χ4v) is 4.68. The molecule has 18 heavy (non-hydrogen) atoms. The molecular weight excluding hydrogens is 272 g/mol. The maximum Gasteiger partial charge on any atom is 0.243 e. The molecule has 2 heterocycles. The monoisotopic (exact) mass is 286 g/mol. The molecule has 1 N–H and O–H groups in total. The van der Waals surface area contributed by atoms with Gasteiger partial charge in [0.2, 0.25) is 10.0 Å². The van der Waals surface area contributed by atoms with Crippen molar-refractivity contribution in [2.75, 3.05) is 19.6 Å². The van der Waals surface area contributed by atoms with Crippen LogP contribution in [0.25, 0.3) is 0 Å². The van der Waals surface area contributed by atoms with Gasteiger partial charge >= 0.3 is 0 Å². The van der Waals surface area contributed by atoms with Crippen molar-refractivity contribution in [2.24, 2.45) is 5.92 Å². The van der Waals surface area contributed by atoms with E-state index in [1.807, 2.05) is 0 Å². The van der Waals surface area contributed by atoms with Crippen molar-refractivity contribution in [3.05, 3.63) is 29.3 Å². The lowest BCUT2D eigenvalue weighted by Crippen LogP contribution is -2.38. The largest absolute Gasteiger partial charge is 0.315 e. The minimum Gasteiger partial charge on any atom is -0.315 e. The lowest BCUT2D eigenvalue weighted by molar-refractivity contribution is 0.383. The molecule has 2 fully saturated rings. The van der Waals surface area contributed by atoms with Crippen LogP contribution in [0.4, 0.5) is 0 Å². The molecule has 0 bridgehead atoms. The lowest BCUT2D eigenvalue weighted by Gasteiger charge is -2.22. The standard InChI is InChI=1S/C12H15ClN2O2S/c13-10-1-3-11(4-2-10)18(16,17)15-6-5-9-7-14-8-12(9)15/h1-4,9,12,14H,5-8H2/t9-,12+/m0/s1. The molecule has 0 radical (unpaired) electrons. The first-order chi connectivity index (χ1) is 8.59. The summed E-state index contributed by atoms with van der Waals surface area (Å²) in [5.41, 5.74) is 0. The van der Waals surface area contributed by atoms with Crippen LogP contribution in [-0.2, 0) is 10.0 Å². The molecule has 3 rings (SSSR count). The topological polar surface area (TPSA) is 49.4 Å². The number of benzene rings is 1. The molecule has 0 spiro atoms. The number of nitrogens with one attached hydrogen (secondary N) is 1. The molecule has 0 unspecified atom stereocenters. The summed E-state index contributed by atoms with van der Waals surface area (Å²) < 4.78 is 26.7. The van der Waals surface area contributed by atoms with Crippen LogP contribution < -0.4 is 5.32 Å². The summed E-state index contributed by atoms with van der Waals surface area (Å²) in [6.45, 7) is 2.32. The van der Waals surface area contributed by atoms with Gasteiger partial charge in [-0.25, -0.2) is 8.42 Å². The second-order valence-electron chi connectivity index (χ2n) is 4.84. The van der Waals surface area contributed by atoms with E-state index in [1.54, 1.807) is 28.6 Å². The van der Waals surface area contributed by atoms with E-state index in [4.69, 9.17) is 11.6 Å². The van der Waals surface area contributed by atoms with Crippen molar-refractivity contribution >= 4 is 21.6 Å². The Bertz CT molecular complexity index is 544. The van der Waals surface area contributed by atoms with E-state index in [1.165, 1.54) is 0 Å². The zero-order valence-electron chi connectivity index (χ0n) is 9.84. The van der Waals surface area contributed by atoms with Crippen LogP contribution in [0, 0.1) is 5.92 Å². The Morgan fingerprint density at radius 1 is 1.22 bits per heavy atom. The van der Waals surface area contributed by atoms with Crippen LogP contribution in [-0.4, -0.2) is 38.4 Å². The fraction of sp³-hybridized carbons (Fsp3) is 0.500. The van der Waals surface area contributed by atoms with E-state index in [0.29, 0.717) is 22.4 Å². The fourth-order valence-electron chi connectivity index (χ4n) is 2.85. The number of sulfonamides is 1. The highest BCUT2D eigenvalue weighted by Gasteiger charge is 2.43. The van der Waals surface area contributed by atoms with Crippen LogP contribution in [0.5, 0.6) is 0 Å². The Morgan fingerprint density at radius 3 is 2.67 bits per heavy atom. The summed E-state index contributed by atoms with van der Waals surface area (Å²) in [4.78, 5) is 0.333. The summed E-state index contributed by atoms with van der Waals surface area (Å²) in [6.07, 6.45) is 0.949. The van der Waals surface area contributed by atoms with Gasteiger partial charge in [-0.05, 0) is 43.1 Å². The van der Waals surface area contributed by atoms with Crippen LogP contribution >= 0.6 is 11.6 Å². The van der Waals surface area contributed by atoms with Gasteiger partial charge in [0.05, 0.1) is 4.90 Å². The van der Waals surface area contributed by atoms with E-state index in [-0.39, 0.29) is 6.04 Å². The van der Waals surface area contributed by atoms with Crippen molar-refractivity contribution in [1.29, 1.82) is 0 Å².